The van der Waals surface area contributed by atoms with E-state index in [1.165, 1.54) is 0 Å². The molecule has 246 valence electrons. The molecule has 1 saturated heterocycles. The van der Waals surface area contributed by atoms with E-state index in [9.17, 15) is 4.79 Å². The van der Waals surface area contributed by atoms with Gasteiger partial charge in [0.05, 0.1) is 32.0 Å². The average molecular weight is 699 g/mol. The van der Waals surface area contributed by atoms with E-state index in [4.69, 9.17) is 68.6 Å². The lowest BCUT2D eigenvalue weighted by atomic mass is 9.97. The molecule has 0 aromatic heterocycles. The zero-order valence-electron chi connectivity index (χ0n) is 25.3. The fourth-order valence-corrected chi connectivity index (χ4v) is 5.11. The molecule has 47 heavy (non-hydrogen) atoms. The van der Waals surface area contributed by atoms with Crippen LogP contribution in [-0.2, 0) is 48.2 Å². The monoisotopic (exact) mass is 697 g/mol. The van der Waals surface area contributed by atoms with Gasteiger partial charge in [0.15, 0.2) is 6.10 Å². The first-order valence-electron chi connectivity index (χ1n) is 14.9. The quantitative estimate of drug-likeness (QED) is 0.0662. The van der Waals surface area contributed by atoms with E-state index < -0.39 is 46.4 Å². The van der Waals surface area contributed by atoms with Gasteiger partial charge in [-0.1, -0.05) is 144 Å². The van der Waals surface area contributed by atoms with Crippen molar-refractivity contribution in [2.24, 2.45) is 0 Å². The summed E-state index contributed by atoms with van der Waals surface area (Å²) >= 11 is 18.0. The summed E-state index contributed by atoms with van der Waals surface area (Å²) in [7, 11) is 0. The number of hydrogen-bond acceptors (Lipinski definition) is 8. The Morgan fingerprint density at radius 3 is 1.62 bits per heavy atom. The smallest absolute Gasteiger partial charge is 0.338 e. The third-order valence-corrected chi connectivity index (χ3v) is 7.81. The number of carbonyl (C=O) groups excluding carboxylic acids is 1. The van der Waals surface area contributed by atoms with Gasteiger partial charge in [-0.3, -0.25) is 5.41 Å². The maximum atomic E-state index is 13.5. The fourth-order valence-electron chi connectivity index (χ4n) is 4.97. The van der Waals surface area contributed by atoms with E-state index in [0.717, 1.165) is 16.7 Å². The molecule has 8 nitrogen and oxygen atoms in total. The molecule has 1 aliphatic rings. The van der Waals surface area contributed by atoms with Gasteiger partial charge in [-0.2, -0.15) is 0 Å². The van der Waals surface area contributed by atoms with E-state index in [2.05, 4.69) is 0 Å². The summed E-state index contributed by atoms with van der Waals surface area (Å²) < 4.78 is 35.1. The molecule has 4 aromatic rings. The highest BCUT2D eigenvalue weighted by atomic mass is 35.6. The van der Waals surface area contributed by atoms with Gasteiger partial charge in [-0.25, -0.2) is 4.79 Å². The lowest BCUT2D eigenvalue weighted by Gasteiger charge is -2.45. The minimum absolute atomic E-state index is 0.0415. The maximum absolute atomic E-state index is 13.5. The first kappa shape index (κ1) is 34.9. The van der Waals surface area contributed by atoms with Crippen LogP contribution in [0.4, 0.5) is 0 Å². The second kappa shape index (κ2) is 17.1. The van der Waals surface area contributed by atoms with Crippen molar-refractivity contribution < 1.29 is 33.2 Å². The SMILES string of the molecule is N=C(O[C@H]1O[C@H](COCc2ccccc2)[C@H](OCc2ccccc2)[C@H](OCc2ccccc2)[C@H]1OC(=O)c1ccccc1)C(Cl)(Cl)Cl. The van der Waals surface area contributed by atoms with Gasteiger partial charge in [0, 0.05) is 0 Å². The van der Waals surface area contributed by atoms with Crippen LogP contribution in [-0.4, -0.2) is 53.0 Å². The van der Waals surface area contributed by atoms with Gasteiger partial charge in [0.2, 0.25) is 12.2 Å². The van der Waals surface area contributed by atoms with E-state index in [1.54, 1.807) is 30.3 Å². The summed E-state index contributed by atoms with van der Waals surface area (Å²) in [4.78, 5) is 13.5. The molecule has 0 spiro atoms. The summed E-state index contributed by atoms with van der Waals surface area (Å²) in [5.41, 5.74) is 3.03. The van der Waals surface area contributed by atoms with Gasteiger partial charge in [-0.15, -0.1) is 0 Å². The van der Waals surface area contributed by atoms with Crippen molar-refractivity contribution in [3.8, 4) is 0 Å². The van der Waals surface area contributed by atoms with Crippen molar-refractivity contribution >= 4 is 46.7 Å². The Morgan fingerprint density at radius 1 is 0.638 bits per heavy atom. The Labute approximate surface area is 288 Å². The lowest BCUT2D eigenvalue weighted by molar-refractivity contribution is -0.302. The Morgan fingerprint density at radius 2 is 1.11 bits per heavy atom. The molecule has 11 heteroatoms. The molecule has 1 aliphatic heterocycles. The normalized spacial score (nSPS) is 21.1. The van der Waals surface area contributed by atoms with E-state index in [0.29, 0.717) is 12.2 Å². The molecule has 1 N–H and O–H groups in total. The number of alkyl halides is 3. The van der Waals surface area contributed by atoms with Crippen LogP contribution >= 0.6 is 34.8 Å². The Hall–Kier alpha value is -3.47. The van der Waals surface area contributed by atoms with Crippen LogP contribution in [0.2, 0.25) is 0 Å². The number of benzene rings is 4. The van der Waals surface area contributed by atoms with Crippen LogP contribution in [0.3, 0.4) is 0 Å². The van der Waals surface area contributed by atoms with Crippen molar-refractivity contribution in [2.75, 3.05) is 6.61 Å². The molecule has 5 rings (SSSR count). The van der Waals surface area contributed by atoms with E-state index >= 15 is 0 Å². The number of carbonyl (C=O) groups is 1. The van der Waals surface area contributed by atoms with Crippen molar-refractivity contribution in [1.82, 2.24) is 0 Å². The summed E-state index contributed by atoms with van der Waals surface area (Å²) in [5.74, 6) is -1.38. The second-order valence-electron chi connectivity index (χ2n) is 10.7. The topological polar surface area (TPSA) is 96.3 Å². The predicted octanol–water partition coefficient (Wildman–Crippen LogP) is 7.69. The first-order valence-corrected chi connectivity index (χ1v) is 16.1. The predicted molar refractivity (Wildman–Crippen MR) is 180 cm³/mol. The average Bonchev–Trinajstić information content (AvgIpc) is 3.09. The lowest BCUT2D eigenvalue weighted by Crippen LogP contribution is -2.62. The van der Waals surface area contributed by atoms with Gasteiger partial charge in [0.1, 0.15) is 18.3 Å². The molecule has 1 fully saturated rings. The molecule has 4 aromatic carbocycles. The summed E-state index contributed by atoms with van der Waals surface area (Å²) in [6.45, 7) is 0.676. The number of nitrogens with one attached hydrogen (secondary N) is 1. The molecule has 0 unspecified atom stereocenters. The van der Waals surface area contributed by atoms with E-state index in [-0.39, 0.29) is 19.8 Å². The highest BCUT2D eigenvalue weighted by molar-refractivity contribution is 6.76. The van der Waals surface area contributed by atoms with E-state index in [1.807, 2.05) is 91.0 Å². The summed E-state index contributed by atoms with van der Waals surface area (Å²) in [6.07, 6.45) is -5.30. The Kier molecular flexibility index (Phi) is 12.7. The highest BCUT2D eigenvalue weighted by Gasteiger charge is 2.52. The third kappa shape index (κ3) is 10.3. The number of ether oxygens (including phenoxy) is 6. The molecule has 0 aliphatic carbocycles. The molecule has 0 saturated carbocycles. The Balaban J connectivity index is 1.49. The van der Waals surface area contributed by atoms with Crippen LogP contribution in [0.15, 0.2) is 121 Å². The highest BCUT2D eigenvalue weighted by Crippen LogP contribution is 2.34. The van der Waals surface area contributed by atoms with Crippen LogP contribution < -0.4 is 0 Å². The minimum Gasteiger partial charge on any atom is -0.449 e. The van der Waals surface area contributed by atoms with Crippen molar-refractivity contribution in [2.45, 2.75) is 54.3 Å². The van der Waals surface area contributed by atoms with Crippen LogP contribution in [0, 0.1) is 5.41 Å². The number of hydrogen-bond donors (Lipinski definition) is 1. The Bertz CT molecular complexity index is 1540. The van der Waals surface area contributed by atoms with Gasteiger partial charge < -0.3 is 28.4 Å². The van der Waals surface area contributed by atoms with Crippen molar-refractivity contribution in [3.63, 3.8) is 0 Å². The zero-order chi connectivity index (χ0) is 33.1. The number of rotatable bonds is 13. The summed E-state index contributed by atoms with van der Waals surface area (Å²) in [6, 6.07) is 37.3. The second-order valence-corrected chi connectivity index (χ2v) is 13.0. The van der Waals surface area contributed by atoms with Crippen molar-refractivity contribution in [3.05, 3.63) is 144 Å². The molecular weight excluding hydrogens is 665 g/mol. The van der Waals surface area contributed by atoms with Crippen molar-refractivity contribution in [1.29, 1.82) is 5.41 Å². The third-order valence-electron chi connectivity index (χ3n) is 7.30. The van der Waals surface area contributed by atoms with Gasteiger partial charge >= 0.3 is 5.97 Å². The van der Waals surface area contributed by atoms with Gasteiger partial charge in [0.25, 0.3) is 3.79 Å². The fraction of sp³-hybridized carbons (Fsp3) is 0.278. The molecule has 1 heterocycles. The summed E-state index contributed by atoms with van der Waals surface area (Å²) in [5, 5.41) is 8.33. The maximum Gasteiger partial charge on any atom is 0.338 e. The van der Waals surface area contributed by atoms with Crippen LogP contribution in [0.5, 0.6) is 0 Å². The minimum atomic E-state index is -2.21. The van der Waals surface area contributed by atoms with Gasteiger partial charge in [-0.05, 0) is 28.8 Å². The molecule has 5 atom stereocenters. The molecular formula is C36H34Cl3NO7. The van der Waals surface area contributed by atoms with Crippen LogP contribution in [0.25, 0.3) is 0 Å². The number of halogens is 3. The zero-order valence-corrected chi connectivity index (χ0v) is 27.5. The molecule has 0 amide bonds. The molecule has 0 bridgehead atoms. The standard InChI is InChI=1S/C36H34Cl3NO7/c37-36(38,39)35(40)47-34-32(46-33(41)28-19-11-4-12-20-28)31(44-23-27-17-9-3-10-18-27)30(43-22-26-15-7-2-8-16-26)29(45-34)24-42-21-25-13-5-1-6-14-25/h1-20,29-32,34,40H,21-24H2/t29-,30+,31+,32-,34-/m1/s1. The molecule has 0 radical (unpaired) electrons. The number of esters is 1. The largest absolute Gasteiger partial charge is 0.449 e. The first-order chi connectivity index (χ1) is 22.8. The van der Waals surface area contributed by atoms with Crippen LogP contribution in [0.1, 0.15) is 27.0 Å².